The summed E-state index contributed by atoms with van der Waals surface area (Å²) in [5.41, 5.74) is 6.17. The maximum Gasteiger partial charge on any atom is 0.416 e. The largest absolute Gasteiger partial charge is 0.416 e. The number of aromatic nitrogens is 4. The summed E-state index contributed by atoms with van der Waals surface area (Å²) in [5.74, 6) is 0.963. The molecule has 2 aliphatic carbocycles. The van der Waals surface area contributed by atoms with E-state index in [9.17, 15) is 36.6 Å². The Hall–Kier alpha value is -5.28. The van der Waals surface area contributed by atoms with E-state index in [-0.39, 0.29) is 0 Å². The highest BCUT2D eigenvalue weighted by Crippen LogP contribution is 2.38. The molecule has 300 valence electrons. The van der Waals surface area contributed by atoms with Crippen molar-refractivity contribution in [1.29, 1.82) is 0 Å². The summed E-state index contributed by atoms with van der Waals surface area (Å²) in [6.07, 6.45) is -3.08. The summed E-state index contributed by atoms with van der Waals surface area (Å²) in [7, 11) is 0. The van der Waals surface area contributed by atoms with Crippen LogP contribution in [-0.2, 0) is 38.0 Å². The Morgan fingerprint density at radius 2 is 1.05 bits per heavy atom. The van der Waals surface area contributed by atoms with E-state index in [1.54, 1.807) is 24.3 Å². The van der Waals surface area contributed by atoms with Gasteiger partial charge in [0.05, 0.1) is 45.4 Å². The fourth-order valence-electron chi connectivity index (χ4n) is 6.95. The van der Waals surface area contributed by atoms with Crippen LogP contribution in [0.15, 0.2) is 97.6 Å². The number of nitrogens with one attached hydrogen (secondary N) is 2. The molecule has 0 spiro atoms. The average Bonchev–Trinajstić information content (AvgIpc) is 3.20. The third kappa shape index (κ3) is 9.53. The van der Waals surface area contributed by atoms with Crippen LogP contribution in [0.1, 0.15) is 46.2 Å². The Bertz CT molecular complexity index is 2410. The van der Waals surface area contributed by atoms with Gasteiger partial charge in [-0.2, -0.15) is 26.3 Å². The molecule has 4 N–H and O–H groups in total. The Morgan fingerprint density at radius 1 is 0.552 bits per heavy atom. The summed E-state index contributed by atoms with van der Waals surface area (Å²) < 4.78 is 76.6. The van der Waals surface area contributed by atoms with Crippen molar-refractivity contribution in [2.45, 2.75) is 63.1 Å². The molecule has 2 unspecified atom stereocenters. The van der Waals surface area contributed by atoms with Crippen molar-refractivity contribution in [3.8, 4) is 22.5 Å². The van der Waals surface area contributed by atoms with Crippen molar-refractivity contribution in [2.75, 3.05) is 10.6 Å². The van der Waals surface area contributed by atoms with Crippen molar-refractivity contribution in [1.82, 2.24) is 19.9 Å². The Labute approximate surface area is 339 Å². The molecule has 0 bridgehead atoms. The molecule has 0 amide bonds. The number of aryl methyl sites for hydroxylation is 1. The molecule has 0 fully saturated rings. The van der Waals surface area contributed by atoms with Crippen LogP contribution in [0.3, 0.4) is 0 Å². The lowest BCUT2D eigenvalue weighted by atomic mass is 9.88. The zero-order valence-electron chi connectivity index (χ0n) is 30.3. The lowest BCUT2D eigenvalue weighted by Gasteiger charge is -2.24. The lowest BCUT2D eigenvalue weighted by molar-refractivity contribution is -0.138. The number of anilines is 4. The van der Waals surface area contributed by atoms with Crippen molar-refractivity contribution in [2.24, 2.45) is 0 Å². The molecule has 2 heterocycles. The summed E-state index contributed by atoms with van der Waals surface area (Å²) >= 11 is 12.7. The topological polar surface area (TPSA) is 116 Å². The molecule has 4 aromatic carbocycles. The standard InChI is InChI=1S/2C21H17ClF3N3O/c22-17-8-4-12-3-7-15(29)9-16(12)20(17)28-19-10-18(26-11-27-19)13-1-5-14(6-2-13)21(23,24)25;22-17-7-8-18(16-9-14(29)5-6-15(16)17)28-20-10-19(26-11-27-20)12-1-3-13(4-2-12)21(23,24)25/h1-2,4-6,8,10-11,15,29H,3,7,9H2,(H,26,27,28);1-4,7-8,10-11,14,29H,5-6,9H2,(H,26,27,28). The number of rotatable bonds is 6. The van der Waals surface area contributed by atoms with Crippen LogP contribution in [0.4, 0.5) is 49.4 Å². The number of aliphatic hydroxyl groups is 2. The predicted octanol–water partition coefficient (Wildman–Crippen LogP) is 10.8. The second-order valence-corrected chi connectivity index (χ2v) is 14.7. The molecule has 8 rings (SSSR count). The predicted molar refractivity (Wildman–Crippen MR) is 210 cm³/mol. The number of nitrogens with zero attached hydrogens (tertiary/aromatic N) is 4. The van der Waals surface area contributed by atoms with Gasteiger partial charge in [0.15, 0.2) is 0 Å². The molecule has 8 nitrogen and oxygen atoms in total. The molecule has 0 radical (unpaired) electrons. The fourth-order valence-corrected chi connectivity index (χ4v) is 7.45. The van der Waals surface area contributed by atoms with Gasteiger partial charge in [0.25, 0.3) is 0 Å². The van der Waals surface area contributed by atoms with E-state index in [1.807, 2.05) is 12.1 Å². The molecule has 0 aliphatic heterocycles. The summed E-state index contributed by atoms with van der Waals surface area (Å²) in [4.78, 5) is 16.7. The minimum Gasteiger partial charge on any atom is -0.393 e. The van der Waals surface area contributed by atoms with Crippen LogP contribution in [0.25, 0.3) is 22.5 Å². The highest BCUT2D eigenvalue weighted by molar-refractivity contribution is 6.33. The first-order valence-electron chi connectivity index (χ1n) is 18.1. The van der Waals surface area contributed by atoms with Crippen molar-refractivity contribution < 1.29 is 36.6 Å². The Morgan fingerprint density at radius 3 is 1.60 bits per heavy atom. The molecule has 2 aliphatic rings. The van der Waals surface area contributed by atoms with E-state index >= 15 is 0 Å². The van der Waals surface area contributed by atoms with Crippen LogP contribution >= 0.6 is 23.2 Å². The number of halogens is 8. The second kappa shape index (κ2) is 16.9. The molecule has 0 saturated heterocycles. The average molecular weight is 840 g/mol. The van der Waals surface area contributed by atoms with Gasteiger partial charge in [-0.05, 0) is 90.4 Å². The SMILES string of the molecule is OC1CCc2c(Cl)ccc(Nc3cc(-c4ccc(C(F)(F)F)cc4)ncn3)c2C1.OC1CCc2ccc(Cl)c(Nc3cc(-c4ccc(C(F)(F)F)cc4)ncn3)c2C1. The number of fused-ring (bicyclic) bond motifs is 2. The number of alkyl halides is 6. The Balaban J connectivity index is 0.000000177. The van der Waals surface area contributed by atoms with E-state index in [2.05, 4.69) is 30.6 Å². The summed E-state index contributed by atoms with van der Waals surface area (Å²) in [6.45, 7) is 0. The van der Waals surface area contributed by atoms with E-state index in [4.69, 9.17) is 23.2 Å². The molecule has 2 aromatic heterocycles. The molecule has 6 aromatic rings. The number of hydrogen-bond acceptors (Lipinski definition) is 8. The van der Waals surface area contributed by atoms with Crippen LogP contribution in [0.5, 0.6) is 0 Å². The van der Waals surface area contributed by atoms with Gasteiger partial charge in [-0.15, -0.1) is 0 Å². The monoisotopic (exact) mass is 838 g/mol. The van der Waals surface area contributed by atoms with Crippen LogP contribution < -0.4 is 10.6 Å². The van der Waals surface area contributed by atoms with E-state index < -0.39 is 35.7 Å². The van der Waals surface area contributed by atoms with E-state index in [0.717, 1.165) is 58.6 Å². The van der Waals surface area contributed by atoms with Gasteiger partial charge in [0, 0.05) is 46.8 Å². The van der Waals surface area contributed by atoms with Crippen LogP contribution in [-0.4, -0.2) is 42.4 Å². The first kappa shape index (κ1) is 40.9. The molecule has 58 heavy (non-hydrogen) atoms. The number of hydrogen-bond donors (Lipinski definition) is 4. The quantitative estimate of drug-likeness (QED) is 0.123. The second-order valence-electron chi connectivity index (χ2n) is 13.9. The van der Waals surface area contributed by atoms with Crippen LogP contribution in [0.2, 0.25) is 10.0 Å². The van der Waals surface area contributed by atoms with Gasteiger partial charge in [-0.3, -0.25) is 0 Å². The minimum atomic E-state index is -4.38. The highest BCUT2D eigenvalue weighted by Gasteiger charge is 2.31. The van der Waals surface area contributed by atoms with Gasteiger partial charge in [0.1, 0.15) is 24.3 Å². The first-order valence-corrected chi connectivity index (χ1v) is 18.9. The summed E-state index contributed by atoms with van der Waals surface area (Å²) in [6, 6.07) is 20.4. The summed E-state index contributed by atoms with van der Waals surface area (Å²) in [5, 5.41) is 27.7. The molecule has 16 heteroatoms. The molecular weight excluding hydrogens is 805 g/mol. The third-order valence-electron chi connectivity index (χ3n) is 9.95. The fraction of sp³-hybridized carbons (Fsp3) is 0.238. The van der Waals surface area contributed by atoms with E-state index in [0.29, 0.717) is 82.0 Å². The smallest absolute Gasteiger partial charge is 0.393 e. The Kier molecular flexibility index (Phi) is 11.9. The lowest BCUT2D eigenvalue weighted by Crippen LogP contribution is -2.20. The zero-order chi connectivity index (χ0) is 41.2. The maximum absolute atomic E-state index is 12.8. The van der Waals surface area contributed by atoms with Gasteiger partial charge in [-0.25, -0.2) is 19.9 Å². The third-order valence-corrected chi connectivity index (χ3v) is 10.6. The van der Waals surface area contributed by atoms with Gasteiger partial charge in [0.2, 0.25) is 0 Å². The van der Waals surface area contributed by atoms with Gasteiger partial charge < -0.3 is 20.8 Å². The maximum atomic E-state index is 12.8. The first-order chi connectivity index (χ1) is 27.6. The van der Waals surface area contributed by atoms with E-state index in [1.165, 1.54) is 36.9 Å². The number of aliphatic hydroxyl groups excluding tert-OH is 2. The molecule has 0 saturated carbocycles. The van der Waals surface area contributed by atoms with Crippen molar-refractivity contribution >= 4 is 46.2 Å². The zero-order valence-corrected chi connectivity index (χ0v) is 31.9. The minimum absolute atomic E-state index is 0.422. The molecule has 2 atom stereocenters. The van der Waals surface area contributed by atoms with Crippen molar-refractivity contribution in [3.63, 3.8) is 0 Å². The number of benzene rings is 4. The van der Waals surface area contributed by atoms with Gasteiger partial charge in [-0.1, -0.05) is 53.5 Å². The van der Waals surface area contributed by atoms with Crippen LogP contribution in [0, 0.1) is 0 Å². The highest BCUT2D eigenvalue weighted by atomic mass is 35.5. The van der Waals surface area contributed by atoms with Gasteiger partial charge >= 0.3 is 12.4 Å². The van der Waals surface area contributed by atoms with Crippen molar-refractivity contribution in [3.05, 3.63) is 141 Å². The molecular formula is C42H34Cl2F6N6O2. The normalized spacial score (nSPS) is 16.4.